The molecular weight excluding hydrogens is 398 g/mol. The summed E-state index contributed by atoms with van der Waals surface area (Å²) in [7, 11) is 0. The van der Waals surface area contributed by atoms with E-state index in [-0.39, 0.29) is 17.3 Å². The summed E-state index contributed by atoms with van der Waals surface area (Å²) in [5.41, 5.74) is 1.45. The van der Waals surface area contributed by atoms with E-state index in [2.05, 4.69) is 33.4 Å². The molecule has 1 N–H and O–H groups in total. The molecule has 7 nitrogen and oxygen atoms in total. The molecule has 1 aliphatic carbocycles. The number of rotatable bonds is 4. The Morgan fingerprint density at radius 3 is 2.97 bits per heavy atom. The number of halogens is 2. The number of carbonyl (C=O) groups is 1. The van der Waals surface area contributed by atoms with Gasteiger partial charge in [-0.25, -0.2) is 13.8 Å². The van der Waals surface area contributed by atoms with Gasteiger partial charge in [0.25, 0.3) is 18.1 Å². The summed E-state index contributed by atoms with van der Waals surface area (Å²) in [6.45, 7) is 3.72. The third-order valence-electron chi connectivity index (χ3n) is 5.18. The average molecular weight is 416 g/mol. The Morgan fingerprint density at radius 2 is 2.28 bits per heavy atom. The fourth-order valence-electron chi connectivity index (χ4n) is 3.63. The fourth-order valence-corrected chi connectivity index (χ4v) is 4.94. The maximum absolute atomic E-state index is 13.3. The van der Waals surface area contributed by atoms with Crippen molar-refractivity contribution in [3.05, 3.63) is 39.3 Å². The van der Waals surface area contributed by atoms with Gasteiger partial charge in [-0.15, -0.1) is 16.4 Å². The van der Waals surface area contributed by atoms with Crippen LogP contribution in [0.4, 0.5) is 13.8 Å². The molecule has 0 saturated carbocycles. The summed E-state index contributed by atoms with van der Waals surface area (Å²) < 4.78 is 27.4. The van der Waals surface area contributed by atoms with Gasteiger partial charge in [-0.2, -0.15) is 14.8 Å². The zero-order valence-corrected chi connectivity index (χ0v) is 16.7. The molecule has 3 aromatic rings. The SMILES string of the molecule is CC[C@H]1CCc2c(sc(NC(=O)c3nc4nc(C)cc(C(F)F)n4n3)c2C#N)C1. The van der Waals surface area contributed by atoms with Crippen LogP contribution in [0.1, 0.15) is 64.2 Å². The molecule has 0 aliphatic heterocycles. The first-order valence-electron chi connectivity index (χ1n) is 9.29. The van der Waals surface area contributed by atoms with E-state index >= 15 is 0 Å². The zero-order chi connectivity index (χ0) is 20.7. The number of hydrogen-bond donors (Lipinski definition) is 1. The van der Waals surface area contributed by atoms with E-state index in [9.17, 15) is 18.8 Å². The first-order valence-corrected chi connectivity index (χ1v) is 10.1. The fraction of sp³-hybridized carbons (Fsp3) is 0.421. The molecule has 0 saturated heterocycles. The standard InChI is InChI=1S/C19H18F2N6OS/c1-3-10-4-5-11-12(8-22)18(29-14(11)7-10)25-17(28)16-24-19-23-9(2)6-13(15(20)21)27(19)26-16/h6,10,15H,3-5,7H2,1-2H3,(H,25,28)/t10-/m0/s1. The zero-order valence-electron chi connectivity index (χ0n) is 15.9. The van der Waals surface area contributed by atoms with Crippen LogP contribution in [-0.2, 0) is 12.8 Å². The summed E-state index contributed by atoms with van der Waals surface area (Å²) >= 11 is 1.39. The molecule has 1 atom stereocenters. The normalized spacial score (nSPS) is 16.1. The summed E-state index contributed by atoms with van der Waals surface area (Å²) in [6, 6.07) is 3.40. The number of nitrogens with zero attached hydrogens (tertiary/aromatic N) is 5. The Morgan fingerprint density at radius 1 is 1.48 bits per heavy atom. The highest BCUT2D eigenvalue weighted by Gasteiger charge is 2.27. The molecule has 10 heteroatoms. The van der Waals surface area contributed by atoms with Crippen molar-refractivity contribution in [1.82, 2.24) is 19.6 Å². The van der Waals surface area contributed by atoms with Gasteiger partial charge in [-0.05, 0) is 43.7 Å². The maximum atomic E-state index is 13.3. The largest absolute Gasteiger partial charge is 0.310 e. The Kier molecular flexibility index (Phi) is 5.00. The third-order valence-corrected chi connectivity index (χ3v) is 6.35. The highest BCUT2D eigenvalue weighted by molar-refractivity contribution is 7.16. The number of nitrogens with one attached hydrogen (secondary N) is 1. The number of nitriles is 1. The molecule has 29 heavy (non-hydrogen) atoms. The smallest absolute Gasteiger partial charge is 0.296 e. The van der Waals surface area contributed by atoms with Crippen LogP contribution in [0, 0.1) is 24.2 Å². The van der Waals surface area contributed by atoms with E-state index in [1.54, 1.807) is 6.92 Å². The number of aromatic nitrogens is 4. The molecule has 3 aromatic heterocycles. The topological polar surface area (TPSA) is 96.0 Å². The van der Waals surface area contributed by atoms with Gasteiger partial charge in [0.1, 0.15) is 16.8 Å². The third kappa shape index (κ3) is 3.46. The van der Waals surface area contributed by atoms with Crippen LogP contribution in [0.3, 0.4) is 0 Å². The molecule has 0 aromatic carbocycles. The first kappa shape index (κ1) is 19.4. The molecule has 150 valence electrons. The molecule has 4 rings (SSSR count). The van der Waals surface area contributed by atoms with Gasteiger partial charge in [-0.1, -0.05) is 13.3 Å². The van der Waals surface area contributed by atoms with Crippen molar-refractivity contribution in [3.8, 4) is 6.07 Å². The Labute approximate surface area is 169 Å². The van der Waals surface area contributed by atoms with Gasteiger partial charge >= 0.3 is 0 Å². The number of hydrogen-bond acceptors (Lipinski definition) is 6. The second-order valence-electron chi connectivity index (χ2n) is 7.06. The molecule has 1 aliphatic rings. The van der Waals surface area contributed by atoms with E-state index in [1.807, 2.05) is 0 Å². The van der Waals surface area contributed by atoms with Gasteiger partial charge in [0.05, 0.1) is 5.56 Å². The summed E-state index contributed by atoms with van der Waals surface area (Å²) in [6.07, 6.45) is 1.03. The van der Waals surface area contributed by atoms with Crippen molar-refractivity contribution in [3.63, 3.8) is 0 Å². The molecule has 0 bridgehead atoms. The molecule has 0 fully saturated rings. The van der Waals surface area contributed by atoms with Gasteiger partial charge in [0.15, 0.2) is 0 Å². The van der Waals surface area contributed by atoms with Crippen LogP contribution < -0.4 is 5.32 Å². The number of alkyl halides is 2. The van der Waals surface area contributed by atoms with Crippen LogP contribution in [0.15, 0.2) is 6.07 Å². The van der Waals surface area contributed by atoms with E-state index in [1.165, 1.54) is 17.4 Å². The van der Waals surface area contributed by atoms with Crippen molar-refractivity contribution in [1.29, 1.82) is 5.26 Å². The monoisotopic (exact) mass is 416 g/mol. The molecule has 0 radical (unpaired) electrons. The Balaban J connectivity index is 1.66. The van der Waals surface area contributed by atoms with Crippen molar-refractivity contribution >= 4 is 28.0 Å². The number of anilines is 1. The van der Waals surface area contributed by atoms with Gasteiger partial charge < -0.3 is 5.32 Å². The lowest BCUT2D eigenvalue weighted by Crippen LogP contribution is -2.14. The van der Waals surface area contributed by atoms with Crippen LogP contribution in [0.5, 0.6) is 0 Å². The van der Waals surface area contributed by atoms with E-state index in [4.69, 9.17) is 0 Å². The van der Waals surface area contributed by atoms with E-state index < -0.39 is 12.3 Å². The predicted octanol–water partition coefficient (Wildman–Crippen LogP) is 4.07. The summed E-state index contributed by atoms with van der Waals surface area (Å²) in [5.74, 6) is -0.414. The van der Waals surface area contributed by atoms with Gasteiger partial charge in [0, 0.05) is 10.6 Å². The number of aryl methyl sites for hydroxylation is 1. The minimum absolute atomic E-state index is 0.0674. The minimum atomic E-state index is -2.78. The molecular formula is C19H18F2N6OS. The van der Waals surface area contributed by atoms with Crippen LogP contribution in [0.2, 0.25) is 0 Å². The van der Waals surface area contributed by atoms with Crippen molar-refractivity contribution < 1.29 is 13.6 Å². The predicted molar refractivity (Wildman–Crippen MR) is 103 cm³/mol. The molecule has 0 spiro atoms. The highest BCUT2D eigenvalue weighted by Crippen LogP contribution is 2.40. The second kappa shape index (κ2) is 7.48. The molecule has 1 amide bonds. The highest BCUT2D eigenvalue weighted by atomic mass is 32.1. The summed E-state index contributed by atoms with van der Waals surface area (Å²) in [4.78, 5) is 21.9. The quantitative estimate of drug-likeness (QED) is 0.692. The lowest BCUT2D eigenvalue weighted by Gasteiger charge is -2.20. The summed E-state index contributed by atoms with van der Waals surface area (Å²) in [5, 5.41) is 16.6. The van der Waals surface area contributed by atoms with Crippen LogP contribution >= 0.6 is 11.3 Å². The van der Waals surface area contributed by atoms with Crippen molar-refractivity contribution in [2.24, 2.45) is 5.92 Å². The van der Waals surface area contributed by atoms with Crippen LogP contribution in [0.25, 0.3) is 5.78 Å². The van der Waals surface area contributed by atoms with Crippen molar-refractivity contribution in [2.75, 3.05) is 5.32 Å². The number of thiophene rings is 1. The lowest BCUT2D eigenvalue weighted by molar-refractivity contribution is 0.101. The van der Waals surface area contributed by atoms with Gasteiger partial charge in [-0.3, -0.25) is 4.79 Å². The van der Waals surface area contributed by atoms with Crippen molar-refractivity contribution in [2.45, 2.75) is 46.0 Å². The number of fused-ring (bicyclic) bond motifs is 2. The van der Waals surface area contributed by atoms with Crippen LogP contribution in [-0.4, -0.2) is 25.5 Å². The van der Waals surface area contributed by atoms with E-state index in [0.717, 1.165) is 40.6 Å². The Bertz CT molecular complexity index is 1150. The molecule has 3 heterocycles. The maximum Gasteiger partial charge on any atom is 0.296 e. The Hall–Kier alpha value is -2.93. The van der Waals surface area contributed by atoms with Gasteiger partial charge in [0.2, 0.25) is 5.82 Å². The average Bonchev–Trinajstić information content (AvgIpc) is 3.26. The minimum Gasteiger partial charge on any atom is -0.310 e. The number of amides is 1. The number of carbonyl (C=O) groups excluding carboxylic acids is 1. The lowest BCUT2D eigenvalue weighted by atomic mass is 9.86. The first-order chi connectivity index (χ1) is 13.9. The second-order valence-corrected chi connectivity index (χ2v) is 8.17. The van der Waals surface area contributed by atoms with E-state index in [0.29, 0.717) is 22.2 Å². The molecule has 0 unspecified atom stereocenters.